The van der Waals surface area contributed by atoms with Crippen molar-refractivity contribution in [3.8, 4) is 0 Å². The highest BCUT2D eigenvalue weighted by atomic mass is 19.4. The van der Waals surface area contributed by atoms with Crippen LogP contribution in [0.4, 0.5) is 13.2 Å². The van der Waals surface area contributed by atoms with Crippen LogP contribution in [0.25, 0.3) is 0 Å². The lowest BCUT2D eigenvalue weighted by atomic mass is 9.94. The normalized spacial score (nSPS) is 24.2. The summed E-state index contributed by atoms with van der Waals surface area (Å²) in [5.74, 6) is -2.10. The number of piperazine rings is 1. The van der Waals surface area contributed by atoms with Gasteiger partial charge in [0.2, 0.25) is 5.91 Å². The molecule has 2 fully saturated rings. The van der Waals surface area contributed by atoms with Gasteiger partial charge < -0.3 is 9.80 Å². The van der Waals surface area contributed by atoms with E-state index in [9.17, 15) is 22.8 Å². The van der Waals surface area contributed by atoms with Crippen molar-refractivity contribution in [1.82, 2.24) is 14.7 Å². The smallest absolute Gasteiger partial charge is 0.339 e. The summed E-state index contributed by atoms with van der Waals surface area (Å²) in [5.41, 5.74) is 1.29. The predicted molar refractivity (Wildman–Crippen MR) is 108 cm³/mol. The first-order chi connectivity index (χ1) is 14.2. The Hall–Kier alpha value is -2.09. The van der Waals surface area contributed by atoms with Gasteiger partial charge in [0.15, 0.2) is 0 Å². The molecular formula is C22H30F3N3O2. The van der Waals surface area contributed by atoms with Gasteiger partial charge in [0.05, 0.1) is 0 Å². The van der Waals surface area contributed by atoms with Gasteiger partial charge in [-0.2, -0.15) is 13.2 Å². The van der Waals surface area contributed by atoms with Crippen molar-refractivity contribution in [3.05, 3.63) is 35.9 Å². The van der Waals surface area contributed by atoms with Crippen LogP contribution in [0, 0.1) is 5.92 Å². The van der Waals surface area contributed by atoms with Gasteiger partial charge in [-0.1, -0.05) is 30.3 Å². The fourth-order valence-electron chi connectivity index (χ4n) is 4.65. The molecule has 166 valence electrons. The van der Waals surface area contributed by atoms with E-state index in [-0.39, 0.29) is 49.8 Å². The number of benzene rings is 1. The molecule has 0 spiro atoms. The molecule has 30 heavy (non-hydrogen) atoms. The first kappa shape index (κ1) is 22.6. The van der Waals surface area contributed by atoms with Crippen LogP contribution in [-0.4, -0.2) is 77.5 Å². The summed E-state index contributed by atoms with van der Waals surface area (Å²) in [6.07, 6.45) is -3.32. The zero-order valence-corrected chi connectivity index (χ0v) is 17.6. The highest BCUT2D eigenvalue weighted by molar-refractivity contribution is 5.83. The molecule has 0 aliphatic carbocycles. The van der Waals surface area contributed by atoms with Crippen molar-refractivity contribution in [1.29, 1.82) is 0 Å². The maximum absolute atomic E-state index is 13.0. The van der Waals surface area contributed by atoms with Gasteiger partial charge in [-0.15, -0.1) is 0 Å². The Morgan fingerprint density at radius 1 is 0.967 bits per heavy atom. The summed E-state index contributed by atoms with van der Waals surface area (Å²) >= 11 is 0. The minimum atomic E-state index is -4.85. The molecule has 2 atom stereocenters. The minimum Gasteiger partial charge on any atom is -0.339 e. The maximum atomic E-state index is 13.0. The number of hydrogen-bond acceptors (Lipinski definition) is 3. The topological polar surface area (TPSA) is 43.9 Å². The molecule has 2 aliphatic heterocycles. The van der Waals surface area contributed by atoms with E-state index in [4.69, 9.17) is 0 Å². The van der Waals surface area contributed by atoms with Crippen LogP contribution in [0.1, 0.15) is 32.3 Å². The van der Waals surface area contributed by atoms with Gasteiger partial charge in [-0.3, -0.25) is 14.5 Å². The molecule has 2 amide bonds. The van der Waals surface area contributed by atoms with Gasteiger partial charge in [0.25, 0.3) is 0 Å². The van der Waals surface area contributed by atoms with Crippen molar-refractivity contribution in [2.45, 2.75) is 51.4 Å². The van der Waals surface area contributed by atoms with Gasteiger partial charge in [-0.05, 0) is 38.7 Å². The molecule has 0 aromatic heterocycles. The first-order valence-corrected chi connectivity index (χ1v) is 10.6. The lowest BCUT2D eigenvalue weighted by Crippen LogP contribution is -2.59. The van der Waals surface area contributed by atoms with Crippen molar-refractivity contribution >= 4 is 11.8 Å². The van der Waals surface area contributed by atoms with Crippen LogP contribution >= 0.6 is 0 Å². The first-order valence-electron chi connectivity index (χ1n) is 10.6. The highest BCUT2D eigenvalue weighted by Gasteiger charge is 2.44. The lowest BCUT2D eigenvalue weighted by molar-refractivity contribution is -0.187. The zero-order valence-electron chi connectivity index (χ0n) is 17.6. The van der Waals surface area contributed by atoms with E-state index in [1.807, 2.05) is 23.1 Å². The Kier molecular flexibility index (Phi) is 7.06. The Morgan fingerprint density at radius 2 is 1.53 bits per heavy atom. The number of likely N-dealkylation sites (tertiary alicyclic amines) is 1. The molecule has 0 N–H and O–H groups in total. The van der Waals surface area contributed by atoms with E-state index in [0.29, 0.717) is 13.1 Å². The molecule has 0 saturated carbocycles. The fourth-order valence-corrected chi connectivity index (χ4v) is 4.65. The van der Waals surface area contributed by atoms with Gasteiger partial charge in [-0.25, -0.2) is 0 Å². The van der Waals surface area contributed by atoms with Gasteiger partial charge in [0, 0.05) is 50.7 Å². The Morgan fingerprint density at radius 3 is 2.07 bits per heavy atom. The molecule has 2 heterocycles. The second-order valence-corrected chi connectivity index (χ2v) is 8.48. The molecule has 1 aromatic rings. The van der Waals surface area contributed by atoms with Crippen molar-refractivity contribution < 1.29 is 22.8 Å². The number of piperidine rings is 1. The predicted octanol–water partition coefficient (Wildman–Crippen LogP) is 2.95. The summed E-state index contributed by atoms with van der Waals surface area (Å²) in [6.45, 7) is 6.37. The quantitative estimate of drug-likeness (QED) is 0.745. The number of hydrogen-bond donors (Lipinski definition) is 0. The third-order valence-electron chi connectivity index (χ3n) is 6.29. The van der Waals surface area contributed by atoms with Gasteiger partial charge >= 0.3 is 12.1 Å². The SMILES string of the molecule is CC1CN(C(=O)C2CCN(C(=O)C(F)(F)F)CC2)CC(C)N1CCc1ccccc1. The van der Waals surface area contributed by atoms with Gasteiger partial charge in [0.1, 0.15) is 0 Å². The number of rotatable bonds is 4. The van der Waals surface area contributed by atoms with Crippen molar-refractivity contribution in [2.24, 2.45) is 5.92 Å². The van der Waals surface area contributed by atoms with Crippen LogP contribution in [0.15, 0.2) is 30.3 Å². The number of halogens is 3. The second-order valence-electron chi connectivity index (χ2n) is 8.48. The molecule has 3 rings (SSSR count). The summed E-state index contributed by atoms with van der Waals surface area (Å²) in [7, 11) is 0. The molecule has 8 heteroatoms. The number of alkyl halides is 3. The summed E-state index contributed by atoms with van der Waals surface area (Å²) < 4.78 is 37.8. The van der Waals surface area contributed by atoms with E-state index >= 15 is 0 Å². The van der Waals surface area contributed by atoms with Crippen molar-refractivity contribution in [3.63, 3.8) is 0 Å². The van der Waals surface area contributed by atoms with Crippen LogP contribution in [0.2, 0.25) is 0 Å². The Labute approximate surface area is 175 Å². The van der Waals surface area contributed by atoms with E-state index in [1.54, 1.807) is 0 Å². The Bertz CT molecular complexity index is 721. The number of nitrogens with zero attached hydrogens (tertiary/aromatic N) is 3. The molecule has 2 unspecified atom stereocenters. The molecule has 5 nitrogen and oxygen atoms in total. The molecule has 0 bridgehead atoms. The highest BCUT2D eigenvalue weighted by Crippen LogP contribution is 2.26. The monoisotopic (exact) mass is 425 g/mol. The van der Waals surface area contributed by atoms with Crippen LogP contribution in [0.3, 0.4) is 0 Å². The second kappa shape index (κ2) is 9.37. The molecular weight excluding hydrogens is 395 g/mol. The number of carbonyl (C=O) groups is 2. The number of carbonyl (C=O) groups excluding carboxylic acids is 2. The molecule has 2 saturated heterocycles. The summed E-state index contributed by atoms with van der Waals surface area (Å²) in [5, 5.41) is 0. The molecule has 2 aliphatic rings. The van der Waals surface area contributed by atoms with E-state index in [2.05, 4.69) is 30.9 Å². The Balaban J connectivity index is 1.50. The van der Waals surface area contributed by atoms with Crippen LogP contribution < -0.4 is 0 Å². The van der Waals surface area contributed by atoms with Crippen LogP contribution in [-0.2, 0) is 16.0 Å². The molecule has 0 radical (unpaired) electrons. The third-order valence-corrected chi connectivity index (χ3v) is 6.29. The van der Waals surface area contributed by atoms with Crippen molar-refractivity contribution in [2.75, 3.05) is 32.7 Å². The maximum Gasteiger partial charge on any atom is 0.471 e. The minimum absolute atomic E-state index is 0.00974. The summed E-state index contributed by atoms with van der Waals surface area (Å²) in [4.78, 5) is 29.5. The third kappa shape index (κ3) is 5.33. The fraction of sp³-hybridized carbons (Fsp3) is 0.636. The van der Waals surface area contributed by atoms with E-state index in [1.165, 1.54) is 5.56 Å². The van der Waals surface area contributed by atoms with E-state index < -0.39 is 12.1 Å². The lowest BCUT2D eigenvalue weighted by Gasteiger charge is -2.46. The average Bonchev–Trinajstić information content (AvgIpc) is 2.72. The average molecular weight is 425 g/mol. The summed E-state index contributed by atoms with van der Waals surface area (Å²) in [6, 6.07) is 10.7. The van der Waals surface area contributed by atoms with Crippen LogP contribution in [0.5, 0.6) is 0 Å². The largest absolute Gasteiger partial charge is 0.471 e. The standard InChI is InChI=1S/C22H30F3N3O2/c1-16-14-27(15-17(2)28(16)13-8-18-6-4-3-5-7-18)20(29)19-9-11-26(12-10-19)21(30)22(23,24)25/h3-7,16-17,19H,8-15H2,1-2H3. The van der Waals surface area contributed by atoms with E-state index in [0.717, 1.165) is 17.9 Å². The molecule has 1 aromatic carbocycles. The number of amides is 2. The zero-order chi connectivity index (χ0) is 21.9.